The molecule has 1 spiro atoms. The Hall–Kier alpha value is -8.68. The number of hydrogen-bond donors (Lipinski definition) is 0. The van der Waals surface area contributed by atoms with Gasteiger partial charge in [0.1, 0.15) is 0 Å². The minimum atomic E-state index is -0.573. The van der Waals surface area contributed by atoms with E-state index >= 15 is 0 Å². The zero-order chi connectivity index (χ0) is 53.4. The number of benzene rings is 10. The van der Waals surface area contributed by atoms with Crippen molar-refractivity contribution in [3.05, 3.63) is 252 Å². The SMILES string of the molecule is c1cc(CCCCCC2CO2)cc(-c2ccc3c(c2)Oc2ccccc2N3c2ccc3c(c2)C2(c4ccccc4-c4cc(N5c6ccccc6Oc6cc(-c7cccc(CCCCC8CCO8)c7)ccc65)ccc42)c2ccccc2-3)c1. The summed E-state index contributed by atoms with van der Waals surface area (Å²) in [7, 11) is 0. The first-order valence-electron chi connectivity index (χ1n) is 29.5. The topological polar surface area (TPSA) is 46.7 Å². The lowest BCUT2D eigenvalue weighted by Gasteiger charge is -2.35. The van der Waals surface area contributed by atoms with E-state index in [0.29, 0.717) is 12.2 Å². The molecule has 10 aromatic rings. The fourth-order valence-electron chi connectivity index (χ4n) is 14.0. The molecule has 0 bridgehead atoms. The van der Waals surface area contributed by atoms with Gasteiger partial charge in [-0.1, -0.05) is 165 Å². The van der Waals surface area contributed by atoms with Crippen LogP contribution in [0.25, 0.3) is 44.5 Å². The molecule has 2 fully saturated rings. The average Bonchev–Trinajstić information content (AvgIpc) is 4.04. The molecule has 4 aliphatic heterocycles. The minimum absolute atomic E-state index is 0.472. The van der Waals surface area contributed by atoms with Crippen LogP contribution in [0.5, 0.6) is 23.0 Å². The van der Waals surface area contributed by atoms with Crippen LogP contribution in [0.2, 0.25) is 0 Å². The molecule has 3 atom stereocenters. The first-order chi connectivity index (χ1) is 40.1. The standard InChI is InChI=1S/C75H62N2O4/c1(3-23-58-48-79-58)2-16-49-18-14-20-51(42-49)54-33-39-70-74(45-54)81-72-31-13-11-29-68(72)77(70)56-34-36-61-59-24-6-8-26-63(59)75(66(61)47-56)64-27-9-7-25-60(64)62-46-55(35-37-65(62)75)76-67-28-10-12-30-71(67)80-73-44-53(32-38-69(73)76)52-21-15-19-50(43-52)17-4-5-22-57-40-41-78-57/h6-15,18-21,24-39,42-47,57-58H,1-5,16-17,22-23,40-41,48H2. The lowest BCUT2D eigenvalue weighted by atomic mass is 9.70. The largest absolute Gasteiger partial charge is 0.453 e. The van der Waals surface area contributed by atoms with Crippen molar-refractivity contribution in [2.45, 2.75) is 81.8 Å². The van der Waals surface area contributed by atoms with Gasteiger partial charge in [-0.15, -0.1) is 0 Å². The summed E-state index contributed by atoms with van der Waals surface area (Å²) in [6, 6.07) is 81.1. The quantitative estimate of drug-likeness (QED) is 0.0753. The van der Waals surface area contributed by atoms with Crippen molar-refractivity contribution >= 4 is 34.1 Å². The molecular formula is C75H62N2O4. The van der Waals surface area contributed by atoms with Crippen LogP contribution in [0.1, 0.15) is 84.7 Å². The van der Waals surface area contributed by atoms with Gasteiger partial charge in [0.25, 0.3) is 0 Å². The Labute approximate surface area is 474 Å². The Bertz CT molecular complexity index is 4100. The predicted molar refractivity (Wildman–Crippen MR) is 327 cm³/mol. The van der Waals surface area contributed by atoms with Crippen LogP contribution >= 0.6 is 0 Å². The molecule has 0 amide bonds. The van der Waals surface area contributed by atoms with Crippen molar-refractivity contribution in [3.8, 4) is 67.5 Å². The van der Waals surface area contributed by atoms with Crippen molar-refractivity contribution in [2.24, 2.45) is 0 Å². The normalized spacial score (nSPS) is 18.0. The summed E-state index contributed by atoms with van der Waals surface area (Å²) in [6.07, 6.45) is 12.7. The van der Waals surface area contributed by atoms with Gasteiger partial charge in [0, 0.05) is 18.0 Å². The van der Waals surface area contributed by atoms with Gasteiger partial charge >= 0.3 is 0 Å². The maximum atomic E-state index is 6.86. The molecule has 2 aliphatic carbocycles. The maximum Gasteiger partial charge on any atom is 0.152 e. The van der Waals surface area contributed by atoms with Gasteiger partial charge in [-0.05, 0) is 196 Å². The molecular weight excluding hydrogens is 993 g/mol. The molecule has 0 saturated carbocycles. The number of fused-ring (bicyclic) bond motifs is 14. The fourth-order valence-corrected chi connectivity index (χ4v) is 14.0. The number of rotatable bonds is 15. The lowest BCUT2D eigenvalue weighted by Crippen LogP contribution is -2.26. The van der Waals surface area contributed by atoms with Gasteiger partial charge in [0.15, 0.2) is 23.0 Å². The molecule has 6 heteroatoms. The van der Waals surface area contributed by atoms with E-state index in [1.165, 1.54) is 112 Å². The zero-order valence-electron chi connectivity index (χ0n) is 45.5. The van der Waals surface area contributed by atoms with Crippen molar-refractivity contribution < 1.29 is 18.9 Å². The van der Waals surface area contributed by atoms with Gasteiger partial charge in [0.05, 0.1) is 47.0 Å². The first kappa shape index (κ1) is 48.2. The molecule has 2 saturated heterocycles. The highest BCUT2D eigenvalue weighted by molar-refractivity contribution is 5.99. The van der Waals surface area contributed by atoms with Gasteiger partial charge in [-0.3, -0.25) is 0 Å². The van der Waals surface area contributed by atoms with Crippen molar-refractivity contribution in [1.29, 1.82) is 0 Å². The fraction of sp³-hybridized carbons (Fsp3) is 0.200. The third-order valence-electron chi connectivity index (χ3n) is 18.1. The smallest absolute Gasteiger partial charge is 0.152 e. The van der Waals surface area contributed by atoms with Gasteiger partial charge in [0.2, 0.25) is 0 Å². The molecule has 4 heterocycles. The van der Waals surface area contributed by atoms with Crippen LogP contribution in [0.15, 0.2) is 218 Å². The first-order valence-corrected chi connectivity index (χ1v) is 29.5. The molecule has 0 aromatic heterocycles. The number of aryl methyl sites for hydroxylation is 2. The molecule has 3 unspecified atom stereocenters. The minimum Gasteiger partial charge on any atom is -0.453 e. The summed E-state index contributed by atoms with van der Waals surface area (Å²) >= 11 is 0. The zero-order valence-corrected chi connectivity index (χ0v) is 45.5. The van der Waals surface area contributed by atoms with Gasteiger partial charge in [-0.2, -0.15) is 0 Å². The van der Waals surface area contributed by atoms with E-state index in [0.717, 1.165) is 101 Å². The highest BCUT2D eigenvalue weighted by Gasteiger charge is 2.52. The summed E-state index contributed by atoms with van der Waals surface area (Å²) in [5.41, 5.74) is 23.3. The van der Waals surface area contributed by atoms with Crippen LogP contribution < -0.4 is 19.3 Å². The molecule has 10 aromatic carbocycles. The highest BCUT2D eigenvalue weighted by atomic mass is 16.6. The summed E-state index contributed by atoms with van der Waals surface area (Å²) < 4.78 is 24.8. The molecule has 81 heavy (non-hydrogen) atoms. The summed E-state index contributed by atoms with van der Waals surface area (Å²) in [5.74, 6) is 3.36. The van der Waals surface area contributed by atoms with E-state index in [4.69, 9.17) is 18.9 Å². The van der Waals surface area contributed by atoms with E-state index in [2.05, 4.69) is 228 Å². The van der Waals surface area contributed by atoms with Crippen molar-refractivity contribution in [1.82, 2.24) is 0 Å². The number of nitrogens with zero attached hydrogens (tertiary/aromatic N) is 2. The molecule has 396 valence electrons. The van der Waals surface area contributed by atoms with Crippen LogP contribution in [0.4, 0.5) is 34.1 Å². The molecule has 6 aliphatic rings. The van der Waals surface area contributed by atoms with Crippen molar-refractivity contribution in [3.63, 3.8) is 0 Å². The molecule has 0 N–H and O–H groups in total. The monoisotopic (exact) mass is 1050 g/mol. The molecule has 16 rings (SSSR count). The highest BCUT2D eigenvalue weighted by Crippen LogP contribution is 2.65. The second-order valence-corrected chi connectivity index (χ2v) is 23.0. The van der Waals surface area contributed by atoms with E-state index in [1.54, 1.807) is 0 Å². The average molecular weight is 1060 g/mol. The van der Waals surface area contributed by atoms with Crippen molar-refractivity contribution in [2.75, 3.05) is 23.0 Å². The summed E-state index contributed by atoms with van der Waals surface area (Å²) in [6.45, 7) is 1.87. The summed E-state index contributed by atoms with van der Waals surface area (Å²) in [4.78, 5) is 4.80. The van der Waals surface area contributed by atoms with E-state index in [1.807, 2.05) is 0 Å². The Kier molecular flexibility index (Phi) is 11.8. The third kappa shape index (κ3) is 8.29. The number of ether oxygens (including phenoxy) is 4. The Morgan fingerprint density at radius 3 is 1.47 bits per heavy atom. The summed E-state index contributed by atoms with van der Waals surface area (Å²) in [5, 5.41) is 0. The lowest BCUT2D eigenvalue weighted by molar-refractivity contribution is -0.0555. The van der Waals surface area contributed by atoms with E-state index in [-0.39, 0.29) is 0 Å². The molecule has 6 nitrogen and oxygen atoms in total. The Balaban J connectivity index is 0.768. The van der Waals surface area contributed by atoms with Gasteiger partial charge in [-0.25, -0.2) is 0 Å². The van der Waals surface area contributed by atoms with Crippen LogP contribution in [0.3, 0.4) is 0 Å². The maximum absolute atomic E-state index is 6.86. The number of hydrogen-bond acceptors (Lipinski definition) is 6. The van der Waals surface area contributed by atoms with Crippen LogP contribution in [-0.4, -0.2) is 25.4 Å². The third-order valence-corrected chi connectivity index (χ3v) is 18.1. The predicted octanol–water partition coefficient (Wildman–Crippen LogP) is 19.5. The second-order valence-electron chi connectivity index (χ2n) is 23.0. The number of anilines is 6. The number of para-hydroxylation sites is 4. The number of unbranched alkanes of at least 4 members (excludes halogenated alkanes) is 3. The van der Waals surface area contributed by atoms with E-state index < -0.39 is 5.41 Å². The Morgan fingerprint density at radius 2 is 0.852 bits per heavy atom. The Morgan fingerprint density at radius 1 is 0.358 bits per heavy atom. The molecule has 0 radical (unpaired) electrons. The van der Waals surface area contributed by atoms with Crippen LogP contribution in [-0.2, 0) is 27.7 Å². The van der Waals surface area contributed by atoms with Gasteiger partial charge < -0.3 is 28.7 Å². The number of epoxide rings is 1. The van der Waals surface area contributed by atoms with E-state index in [9.17, 15) is 0 Å². The van der Waals surface area contributed by atoms with Crippen LogP contribution in [0, 0.1) is 0 Å². The second kappa shape index (κ2) is 19.8.